The lowest BCUT2D eigenvalue weighted by atomic mass is 9.76. The van der Waals surface area contributed by atoms with Crippen LogP contribution >= 0.6 is 0 Å². The monoisotopic (exact) mass is 224 g/mol. The fourth-order valence-corrected chi connectivity index (χ4v) is 2.13. The van der Waals surface area contributed by atoms with E-state index in [1.165, 1.54) is 31.8 Å². The molecule has 0 aliphatic carbocycles. The van der Waals surface area contributed by atoms with Crippen molar-refractivity contribution in [2.24, 2.45) is 5.41 Å². The summed E-state index contributed by atoms with van der Waals surface area (Å²) in [5, 5.41) is 0. The molecule has 0 spiro atoms. The number of carbonyl (C=O) groups is 1. The van der Waals surface area contributed by atoms with Crippen molar-refractivity contribution >= 4 is 5.78 Å². The molecular weight excluding hydrogens is 196 g/mol. The van der Waals surface area contributed by atoms with E-state index in [9.17, 15) is 4.79 Å². The molecule has 0 N–H and O–H groups in total. The molecule has 1 atom stereocenters. The van der Waals surface area contributed by atoms with Gasteiger partial charge in [-0.15, -0.1) is 0 Å². The Morgan fingerprint density at radius 3 is 2.12 bits per heavy atom. The maximum absolute atomic E-state index is 11.9. The normalized spacial score (nSPS) is 14.4. The maximum Gasteiger partial charge on any atom is 0.160 e. The largest absolute Gasteiger partial charge is 0.294 e. The molecule has 0 aliphatic rings. The number of rotatable bonds is 10. The highest BCUT2D eigenvalue weighted by Crippen LogP contribution is 2.32. The van der Waals surface area contributed by atoms with Crippen LogP contribution in [0.1, 0.15) is 72.1 Å². The average molecular weight is 224 g/mol. The summed E-state index contributed by atoms with van der Waals surface area (Å²) in [7, 11) is 0. The average Bonchev–Trinajstić information content (AvgIpc) is 2.31. The Hall–Kier alpha value is -0.590. The first-order chi connectivity index (χ1) is 7.60. The summed E-state index contributed by atoms with van der Waals surface area (Å²) in [6.07, 6.45) is 10.8. The Labute approximate surface area is 101 Å². The molecule has 0 bridgehead atoms. The van der Waals surface area contributed by atoms with E-state index < -0.39 is 0 Å². The van der Waals surface area contributed by atoms with Gasteiger partial charge in [0.2, 0.25) is 0 Å². The number of allylic oxidation sites excluding steroid dienone is 1. The standard InChI is InChI=1S/C15H28O/c1-5-8-10-11-13-15(4,12-9-6-2)14(16)7-3/h7H,3,5-6,8-13H2,1-2,4H3. The number of hydrogen-bond donors (Lipinski definition) is 0. The second kappa shape index (κ2) is 8.55. The van der Waals surface area contributed by atoms with Crippen molar-refractivity contribution in [3.63, 3.8) is 0 Å². The van der Waals surface area contributed by atoms with Gasteiger partial charge in [-0.3, -0.25) is 4.79 Å². The molecule has 0 radical (unpaired) electrons. The minimum Gasteiger partial charge on any atom is -0.294 e. The second-order valence-corrected chi connectivity index (χ2v) is 5.04. The fraction of sp³-hybridized carbons (Fsp3) is 0.800. The van der Waals surface area contributed by atoms with Crippen LogP contribution in [0.25, 0.3) is 0 Å². The van der Waals surface area contributed by atoms with Crippen molar-refractivity contribution in [3.8, 4) is 0 Å². The molecule has 1 unspecified atom stereocenters. The van der Waals surface area contributed by atoms with E-state index in [0.29, 0.717) is 0 Å². The van der Waals surface area contributed by atoms with E-state index in [1.807, 2.05) is 0 Å². The minimum absolute atomic E-state index is 0.147. The molecule has 0 saturated heterocycles. The van der Waals surface area contributed by atoms with Crippen LogP contribution in [0, 0.1) is 5.41 Å². The van der Waals surface area contributed by atoms with Crippen molar-refractivity contribution in [1.29, 1.82) is 0 Å². The van der Waals surface area contributed by atoms with Gasteiger partial charge in [0.1, 0.15) is 0 Å². The molecule has 16 heavy (non-hydrogen) atoms. The molecule has 0 aromatic carbocycles. The Kier molecular flexibility index (Phi) is 8.23. The number of carbonyl (C=O) groups excluding carboxylic acids is 1. The molecule has 1 heteroatoms. The molecular formula is C15H28O. The van der Waals surface area contributed by atoms with Crippen LogP contribution in [0.4, 0.5) is 0 Å². The SMILES string of the molecule is C=CC(=O)C(C)(CCCC)CCCCCC. The van der Waals surface area contributed by atoms with Gasteiger partial charge in [-0.05, 0) is 18.9 Å². The van der Waals surface area contributed by atoms with Crippen LogP contribution in [0.15, 0.2) is 12.7 Å². The third-order valence-electron chi connectivity index (χ3n) is 3.44. The summed E-state index contributed by atoms with van der Waals surface area (Å²) in [5.74, 6) is 0.234. The van der Waals surface area contributed by atoms with Crippen LogP contribution < -0.4 is 0 Å². The highest BCUT2D eigenvalue weighted by atomic mass is 16.1. The molecule has 0 saturated carbocycles. The second-order valence-electron chi connectivity index (χ2n) is 5.04. The maximum atomic E-state index is 11.9. The van der Waals surface area contributed by atoms with Crippen LogP contribution in [-0.4, -0.2) is 5.78 Å². The van der Waals surface area contributed by atoms with E-state index in [4.69, 9.17) is 0 Å². The summed E-state index contributed by atoms with van der Waals surface area (Å²) in [5.41, 5.74) is -0.147. The zero-order valence-electron chi connectivity index (χ0n) is 11.3. The first kappa shape index (κ1) is 15.4. The van der Waals surface area contributed by atoms with Gasteiger partial charge in [0.15, 0.2) is 5.78 Å². The van der Waals surface area contributed by atoms with Gasteiger partial charge in [0.05, 0.1) is 0 Å². The number of unbranched alkanes of at least 4 members (excludes halogenated alkanes) is 4. The quantitative estimate of drug-likeness (QED) is 0.381. The predicted octanol–water partition coefficient (Wildman–Crippen LogP) is 4.91. The van der Waals surface area contributed by atoms with Crippen LogP contribution in [-0.2, 0) is 4.79 Å². The zero-order valence-corrected chi connectivity index (χ0v) is 11.3. The summed E-state index contributed by atoms with van der Waals surface area (Å²) in [4.78, 5) is 11.9. The molecule has 94 valence electrons. The van der Waals surface area contributed by atoms with Crippen LogP contribution in [0.5, 0.6) is 0 Å². The van der Waals surface area contributed by atoms with Gasteiger partial charge in [-0.2, -0.15) is 0 Å². The van der Waals surface area contributed by atoms with E-state index in [0.717, 1.165) is 25.7 Å². The van der Waals surface area contributed by atoms with Crippen molar-refractivity contribution < 1.29 is 4.79 Å². The topological polar surface area (TPSA) is 17.1 Å². The minimum atomic E-state index is -0.147. The van der Waals surface area contributed by atoms with Crippen molar-refractivity contribution in [2.45, 2.75) is 72.1 Å². The lowest BCUT2D eigenvalue weighted by Crippen LogP contribution is -2.26. The smallest absolute Gasteiger partial charge is 0.160 e. The van der Waals surface area contributed by atoms with Crippen LogP contribution in [0.3, 0.4) is 0 Å². The van der Waals surface area contributed by atoms with Gasteiger partial charge < -0.3 is 0 Å². The van der Waals surface area contributed by atoms with Crippen LogP contribution in [0.2, 0.25) is 0 Å². The highest BCUT2D eigenvalue weighted by Gasteiger charge is 2.29. The van der Waals surface area contributed by atoms with E-state index in [1.54, 1.807) is 0 Å². The van der Waals surface area contributed by atoms with Gasteiger partial charge in [0, 0.05) is 5.41 Å². The molecule has 0 fully saturated rings. The zero-order chi connectivity index (χ0) is 12.4. The fourth-order valence-electron chi connectivity index (χ4n) is 2.13. The lowest BCUT2D eigenvalue weighted by Gasteiger charge is -2.26. The molecule has 0 heterocycles. The Bertz CT molecular complexity index is 207. The molecule has 0 aromatic rings. The molecule has 0 aromatic heterocycles. The Morgan fingerprint density at radius 1 is 1.06 bits per heavy atom. The van der Waals surface area contributed by atoms with E-state index >= 15 is 0 Å². The van der Waals surface area contributed by atoms with Crippen molar-refractivity contribution in [1.82, 2.24) is 0 Å². The molecule has 1 nitrogen and oxygen atoms in total. The molecule has 0 amide bonds. The third-order valence-corrected chi connectivity index (χ3v) is 3.44. The van der Waals surface area contributed by atoms with Gasteiger partial charge in [-0.25, -0.2) is 0 Å². The van der Waals surface area contributed by atoms with Gasteiger partial charge >= 0.3 is 0 Å². The highest BCUT2D eigenvalue weighted by molar-refractivity contribution is 5.93. The Balaban J connectivity index is 4.18. The Morgan fingerprint density at radius 2 is 1.62 bits per heavy atom. The summed E-state index contributed by atoms with van der Waals surface area (Å²) in [6.45, 7) is 10.1. The van der Waals surface area contributed by atoms with Crippen molar-refractivity contribution in [2.75, 3.05) is 0 Å². The first-order valence-electron chi connectivity index (χ1n) is 6.77. The summed E-state index contributed by atoms with van der Waals surface area (Å²) >= 11 is 0. The number of ketones is 1. The number of hydrogen-bond acceptors (Lipinski definition) is 1. The summed E-state index contributed by atoms with van der Waals surface area (Å²) in [6, 6.07) is 0. The molecule has 0 rings (SSSR count). The van der Waals surface area contributed by atoms with E-state index in [-0.39, 0.29) is 11.2 Å². The van der Waals surface area contributed by atoms with Gasteiger partial charge in [0.25, 0.3) is 0 Å². The van der Waals surface area contributed by atoms with Gasteiger partial charge in [-0.1, -0.05) is 65.9 Å². The lowest BCUT2D eigenvalue weighted by molar-refractivity contribution is -0.123. The molecule has 0 aliphatic heterocycles. The van der Waals surface area contributed by atoms with E-state index in [2.05, 4.69) is 27.4 Å². The third kappa shape index (κ3) is 5.48. The summed E-state index contributed by atoms with van der Waals surface area (Å²) < 4.78 is 0. The predicted molar refractivity (Wildman–Crippen MR) is 71.6 cm³/mol. The first-order valence-corrected chi connectivity index (χ1v) is 6.77. The van der Waals surface area contributed by atoms with Crippen molar-refractivity contribution in [3.05, 3.63) is 12.7 Å².